The first kappa shape index (κ1) is 14.7. The lowest BCUT2D eigenvalue weighted by molar-refractivity contribution is -0.137. The Labute approximate surface area is 109 Å². The van der Waals surface area contributed by atoms with Crippen molar-refractivity contribution in [2.45, 2.75) is 18.5 Å². The fourth-order valence-corrected chi connectivity index (χ4v) is 1.52. The molecule has 0 fully saturated rings. The molecule has 0 radical (unpaired) electrons. The quantitative estimate of drug-likeness (QED) is 0.517. The zero-order valence-electron chi connectivity index (χ0n) is 9.95. The Bertz CT molecular complexity index is 489. The molecule has 1 rings (SSSR count). The molecule has 5 N–H and O–H groups in total. The average Bonchev–Trinajstić information content (AvgIpc) is 2.36. The van der Waals surface area contributed by atoms with Crippen LogP contribution in [0.5, 0.6) is 0 Å². The number of nitrogens with one attached hydrogen (secondary N) is 1. The van der Waals surface area contributed by atoms with Crippen LogP contribution in [0.25, 0.3) is 0 Å². The summed E-state index contributed by atoms with van der Waals surface area (Å²) in [5.41, 5.74) is 5.95. The number of aliphatic carboxylic acids is 1. The van der Waals surface area contributed by atoms with Crippen molar-refractivity contribution in [1.82, 2.24) is 0 Å². The van der Waals surface area contributed by atoms with Crippen LogP contribution in [0.2, 0.25) is 0 Å². The molecule has 1 aromatic carbocycles. The largest absolute Gasteiger partial charge is 0.481 e. The number of carboxylic acids is 2. The average molecular weight is 266 g/mol. The highest BCUT2D eigenvalue weighted by atomic mass is 16.4. The van der Waals surface area contributed by atoms with Crippen molar-refractivity contribution in [3.05, 3.63) is 29.8 Å². The van der Waals surface area contributed by atoms with Crippen LogP contribution in [0.1, 0.15) is 16.8 Å². The maximum atomic E-state index is 10.8. The lowest BCUT2D eigenvalue weighted by Gasteiger charge is -2.21. The zero-order chi connectivity index (χ0) is 14.4. The monoisotopic (exact) mass is 266 g/mol. The van der Waals surface area contributed by atoms with Gasteiger partial charge in [0, 0.05) is 5.69 Å². The minimum atomic E-state index is -1.11. The molecule has 2 atom stereocenters. The fraction of sp³-hybridized carbons (Fsp3) is 0.250. The number of aldehydes is 1. The van der Waals surface area contributed by atoms with Gasteiger partial charge in [0.05, 0.1) is 24.1 Å². The Morgan fingerprint density at radius 3 is 2.58 bits per heavy atom. The minimum Gasteiger partial charge on any atom is -0.481 e. The second-order valence-electron chi connectivity index (χ2n) is 3.95. The van der Waals surface area contributed by atoms with Gasteiger partial charge in [-0.05, 0) is 18.2 Å². The minimum absolute atomic E-state index is 0.0544. The van der Waals surface area contributed by atoms with Gasteiger partial charge in [0.2, 0.25) is 0 Å². The molecule has 0 heterocycles. The van der Waals surface area contributed by atoms with E-state index in [1.807, 2.05) is 0 Å². The van der Waals surface area contributed by atoms with Crippen molar-refractivity contribution in [1.29, 1.82) is 0 Å². The molecule has 0 aliphatic rings. The van der Waals surface area contributed by atoms with Gasteiger partial charge in [0.25, 0.3) is 0 Å². The molecule has 102 valence electrons. The van der Waals surface area contributed by atoms with E-state index in [1.54, 1.807) is 6.07 Å². The Morgan fingerprint density at radius 2 is 2.05 bits per heavy atom. The van der Waals surface area contributed by atoms with Crippen molar-refractivity contribution < 1.29 is 24.6 Å². The van der Waals surface area contributed by atoms with E-state index in [4.69, 9.17) is 15.9 Å². The van der Waals surface area contributed by atoms with Crippen LogP contribution in [0.4, 0.5) is 5.69 Å². The lowest BCUT2D eigenvalue weighted by atomic mass is 10.1. The molecule has 0 aliphatic carbocycles. The Balaban J connectivity index is 2.89. The van der Waals surface area contributed by atoms with Crippen molar-refractivity contribution in [3.8, 4) is 0 Å². The summed E-state index contributed by atoms with van der Waals surface area (Å²) >= 11 is 0. The third kappa shape index (κ3) is 4.40. The molecule has 7 nitrogen and oxygen atoms in total. The van der Waals surface area contributed by atoms with E-state index in [9.17, 15) is 14.4 Å². The van der Waals surface area contributed by atoms with Gasteiger partial charge in [-0.3, -0.25) is 4.79 Å². The number of benzene rings is 1. The van der Waals surface area contributed by atoms with Crippen LogP contribution in [0, 0.1) is 0 Å². The van der Waals surface area contributed by atoms with Gasteiger partial charge in [-0.1, -0.05) is 6.07 Å². The fourth-order valence-electron chi connectivity index (χ4n) is 1.52. The van der Waals surface area contributed by atoms with E-state index in [0.29, 0.717) is 12.0 Å². The summed E-state index contributed by atoms with van der Waals surface area (Å²) in [4.78, 5) is 32.1. The van der Waals surface area contributed by atoms with Gasteiger partial charge in [0.15, 0.2) is 0 Å². The lowest BCUT2D eigenvalue weighted by Crippen LogP contribution is -2.42. The van der Waals surface area contributed by atoms with Crippen LogP contribution >= 0.6 is 0 Å². The predicted octanol–water partition coefficient (Wildman–Crippen LogP) is 0.166. The molecule has 0 bridgehead atoms. The van der Waals surface area contributed by atoms with Crippen LogP contribution in [0.3, 0.4) is 0 Å². The number of nitrogens with two attached hydrogens (primary N) is 1. The smallest absolute Gasteiger partial charge is 0.335 e. The van der Waals surface area contributed by atoms with Gasteiger partial charge < -0.3 is 26.1 Å². The Kier molecular flexibility index (Phi) is 5.01. The van der Waals surface area contributed by atoms with Crippen molar-refractivity contribution in [3.63, 3.8) is 0 Å². The molecule has 7 heteroatoms. The van der Waals surface area contributed by atoms with Gasteiger partial charge in [-0.2, -0.15) is 0 Å². The summed E-state index contributed by atoms with van der Waals surface area (Å²) < 4.78 is 0. The molecule has 0 saturated heterocycles. The molecule has 0 aliphatic heterocycles. The number of aromatic carboxylic acids is 1. The highest BCUT2D eigenvalue weighted by Crippen LogP contribution is 2.14. The maximum Gasteiger partial charge on any atom is 0.335 e. The SMILES string of the molecule is N[C@H](C=O)C(CC(=O)O)Nc1cccc(C(=O)O)c1. The number of rotatable bonds is 7. The van der Waals surface area contributed by atoms with E-state index in [2.05, 4.69) is 5.32 Å². The van der Waals surface area contributed by atoms with Crippen LogP contribution in [-0.2, 0) is 9.59 Å². The Morgan fingerprint density at radius 1 is 1.37 bits per heavy atom. The van der Waals surface area contributed by atoms with Crippen LogP contribution < -0.4 is 11.1 Å². The third-order valence-electron chi connectivity index (χ3n) is 2.48. The van der Waals surface area contributed by atoms with Crippen LogP contribution in [0.15, 0.2) is 24.3 Å². The zero-order valence-corrected chi connectivity index (χ0v) is 9.95. The Hall–Kier alpha value is -2.41. The van der Waals surface area contributed by atoms with E-state index in [1.165, 1.54) is 18.2 Å². The number of carbonyl (C=O) groups excluding carboxylic acids is 1. The van der Waals surface area contributed by atoms with E-state index >= 15 is 0 Å². The second kappa shape index (κ2) is 6.50. The standard InChI is InChI=1S/C12H14N2O5/c13-9(6-15)10(5-11(16)17)14-8-3-1-2-7(4-8)12(18)19/h1-4,6,9-10,14H,5,13H2,(H,16,17)(H,18,19)/t9-,10?/m1/s1. The molecule has 19 heavy (non-hydrogen) atoms. The number of hydrogen-bond acceptors (Lipinski definition) is 5. The number of hydrogen-bond donors (Lipinski definition) is 4. The molecule has 0 spiro atoms. The summed E-state index contributed by atoms with van der Waals surface area (Å²) in [6, 6.07) is 4.02. The summed E-state index contributed by atoms with van der Waals surface area (Å²) in [7, 11) is 0. The number of carbonyl (C=O) groups is 3. The number of carboxylic acid groups (broad SMARTS) is 2. The first-order valence-electron chi connectivity index (χ1n) is 5.46. The van der Waals surface area contributed by atoms with Crippen LogP contribution in [-0.4, -0.2) is 40.5 Å². The van der Waals surface area contributed by atoms with Gasteiger partial charge in [0.1, 0.15) is 6.29 Å². The summed E-state index contributed by atoms with van der Waals surface area (Å²) in [6.45, 7) is 0. The van der Waals surface area contributed by atoms with Gasteiger partial charge in [-0.15, -0.1) is 0 Å². The normalized spacial score (nSPS) is 13.3. The second-order valence-corrected chi connectivity index (χ2v) is 3.95. The van der Waals surface area contributed by atoms with Gasteiger partial charge >= 0.3 is 11.9 Å². The van der Waals surface area contributed by atoms with E-state index in [0.717, 1.165) is 0 Å². The van der Waals surface area contributed by atoms with Gasteiger partial charge in [-0.25, -0.2) is 4.79 Å². The van der Waals surface area contributed by atoms with E-state index < -0.39 is 24.0 Å². The summed E-state index contributed by atoms with van der Waals surface area (Å²) in [5, 5.41) is 20.3. The third-order valence-corrected chi connectivity index (χ3v) is 2.48. The molecule has 1 aromatic rings. The molecular weight excluding hydrogens is 252 g/mol. The molecule has 0 amide bonds. The summed E-state index contributed by atoms with van der Waals surface area (Å²) in [5.74, 6) is -2.21. The highest BCUT2D eigenvalue weighted by Gasteiger charge is 2.20. The highest BCUT2D eigenvalue weighted by molar-refractivity contribution is 5.88. The van der Waals surface area contributed by atoms with Crippen molar-refractivity contribution >= 4 is 23.9 Å². The topological polar surface area (TPSA) is 130 Å². The number of anilines is 1. The maximum absolute atomic E-state index is 10.8. The molecular formula is C12H14N2O5. The van der Waals surface area contributed by atoms with Crippen molar-refractivity contribution in [2.24, 2.45) is 5.73 Å². The summed E-state index contributed by atoms with van der Waals surface area (Å²) in [6.07, 6.45) is 0.0961. The van der Waals surface area contributed by atoms with E-state index in [-0.39, 0.29) is 12.0 Å². The molecule has 0 aromatic heterocycles. The predicted molar refractivity (Wildman–Crippen MR) is 67.1 cm³/mol. The first-order chi connectivity index (χ1) is 8.93. The van der Waals surface area contributed by atoms with Crippen molar-refractivity contribution in [2.75, 3.05) is 5.32 Å². The molecule has 1 unspecified atom stereocenters. The molecule has 0 saturated carbocycles. The first-order valence-corrected chi connectivity index (χ1v) is 5.46.